The minimum atomic E-state index is -1.01. The molecule has 2 amide bonds. The SMILES string of the molecule is CC(C)(C)OC(=O)Nc1ccc(F)cc1NC(=O)CSc1ccc(F)c(F)c1. The van der Waals surface area contributed by atoms with Crippen LogP contribution in [0.2, 0.25) is 0 Å². The molecule has 0 atom stereocenters. The molecule has 9 heteroatoms. The predicted molar refractivity (Wildman–Crippen MR) is 102 cm³/mol. The van der Waals surface area contributed by atoms with Crippen LogP contribution in [0, 0.1) is 17.5 Å². The Morgan fingerprint density at radius 2 is 1.68 bits per heavy atom. The molecule has 0 saturated carbocycles. The number of carbonyl (C=O) groups is 2. The molecule has 150 valence electrons. The number of rotatable bonds is 5. The lowest BCUT2D eigenvalue weighted by molar-refractivity contribution is -0.113. The summed E-state index contributed by atoms with van der Waals surface area (Å²) < 4.78 is 44.8. The third-order valence-corrected chi connectivity index (χ3v) is 4.15. The Morgan fingerprint density at radius 1 is 0.964 bits per heavy atom. The van der Waals surface area contributed by atoms with Crippen LogP contribution in [0.3, 0.4) is 0 Å². The highest BCUT2D eigenvalue weighted by atomic mass is 32.2. The van der Waals surface area contributed by atoms with Crippen LogP contribution in [-0.2, 0) is 9.53 Å². The molecule has 2 aromatic rings. The number of anilines is 2. The Labute approximate surface area is 164 Å². The summed E-state index contributed by atoms with van der Waals surface area (Å²) in [5.74, 6) is -3.26. The number of nitrogens with one attached hydrogen (secondary N) is 2. The van der Waals surface area contributed by atoms with Crippen LogP contribution in [0.4, 0.5) is 29.3 Å². The van der Waals surface area contributed by atoms with Crippen molar-refractivity contribution in [3.05, 3.63) is 53.8 Å². The van der Waals surface area contributed by atoms with Gasteiger partial charge in [0.05, 0.1) is 17.1 Å². The number of carbonyl (C=O) groups excluding carboxylic acids is 2. The Kier molecular flexibility index (Phi) is 6.95. The molecule has 0 aliphatic heterocycles. The van der Waals surface area contributed by atoms with Crippen molar-refractivity contribution in [2.45, 2.75) is 31.3 Å². The standard InChI is InChI=1S/C19H19F3N2O3S/c1-19(2,3)27-18(26)24-15-7-4-11(20)8-16(15)23-17(25)10-28-12-5-6-13(21)14(22)9-12/h4-9H,10H2,1-3H3,(H,23,25)(H,24,26). The first-order valence-electron chi connectivity index (χ1n) is 8.21. The zero-order valence-electron chi connectivity index (χ0n) is 15.4. The van der Waals surface area contributed by atoms with Crippen molar-refractivity contribution in [2.24, 2.45) is 0 Å². The van der Waals surface area contributed by atoms with Crippen molar-refractivity contribution in [3.63, 3.8) is 0 Å². The van der Waals surface area contributed by atoms with E-state index in [0.717, 1.165) is 36.0 Å². The number of ether oxygens (including phenoxy) is 1. The number of halogens is 3. The molecule has 2 rings (SSSR count). The van der Waals surface area contributed by atoms with Gasteiger partial charge in [0.15, 0.2) is 11.6 Å². The first-order valence-corrected chi connectivity index (χ1v) is 9.19. The maximum atomic E-state index is 13.6. The number of hydrogen-bond acceptors (Lipinski definition) is 4. The summed E-state index contributed by atoms with van der Waals surface area (Å²) in [5, 5.41) is 4.92. The molecule has 2 aromatic carbocycles. The normalized spacial score (nSPS) is 11.1. The molecule has 0 bridgehead atoms. The van der Waals surface area contributed by atoms with Gasteiger partial charge in [-0.15, -0.1) is 11.8 Å². The second-order valence-electron chi connectivity index (χ2n) is 6.73. The quantitative estimate of drug-likeness (QED) is 0.664. The van der Waals surface area contributed by atoms with E-state index in [9.17, 15) is 22.8 Å². The lowest BCUT2D eigenvalue weighted by Crippen LogP contribution is -2.27. The van der Waals surface area contributed by atoms with Crippen LogP contribution in [0.15, 0.2) is 41.3 Å². The highest BCUT2D eigenvalue weighted by Gasteiger charge is 2.18. The summed E-state index contributed by atoms with van der Waals surface area (Å²) in [6.07, 6.45) is -0.759. The molecule has 0 unspecified atom stereocenters. The van der Waals surface area contributed by atoms with Gasteiger partial charge in [-0.25, -0.2) is 18.0 Å². The average Bonchev–Trinajstić information content (AvgIpc) is 2.57. The number of thioether (sulfide) groups is 1. The van der Waals surface area contributed by atoms with E-state index in [1.807, 2.05) is 0 Å². The summed E-state index contributed by atoms with van der Waals surface area (Å²) in [6, 6.07) is 6.74. The van der Waals surface area contributed by atoms with Gasteiger partial charge in [0.25, 0.3) is 0 Å². The van der Waals surface area contributed by atoms with E-state index in [1.54, 1.807) is 20.8 Å². The van der Waals surface area contributed by atoms with Gasteiger partial charge >= 0.3 is 6.09 Å². The molecule has 0 saturated heterocycles. The fourth-order valence-electron chi connectivity index (χ4n) is 2.04. The zero-order chi connectivity index (χ0) is 20.9. The highest BCUT2D eigenvalue weighted by molar-refractivity contribution is 8.00. The predicted octanol–water partition coefficient (Wildman–Crippen LogP) is 5.18. The molecule has 5 nitrogen and oxygen atoms in total. The number of amides is 2. The molecule has 0 spiro atoms. The Balaban J connectivity index is 2.03. The van der Waals surface area contributed by atoms with Crippen LogP contribution in [0.5, 0.6) is 0 Å². The third-order valence-electron chi connectivity index (χ3n) is 3.15. The van der Waals surface area contributed by atoms with E-state index in [-0.39, 0.29) is 17.1 Å². The van der Waals surface area contributed by atoms with Crippen LogP contribution in [0.1, 0.15) is 20.8 Å². The Hall–Kier alpha value is -2.68. The second-order valence-corrected chi connectivity index (χ2v) is 7.78. The van der Waals surface area contributed by atoms with Gasteiger partial charge in [0, 0.05) is 4.90 Å². The van der Waals surface area contributed by atoms with Gasteiger partial charge < -0.3 is 10.1 Å². The molecular formula is C19H19F3N2O3S. The van der Waals surface area contributed by atoms with Crippen molar-refractivity contribution >= 4 is 35.1 Å². The van der Waals surface area contributed by atoms with Gasteiger partial charge in [-0.2, -0.15) is 0 Å². The van der Waals surface area contributed by atoms with Gasteiger partial charge in [0.2, 0.25) is 5.91 Å². The minimum absolute atomic E-state index is 0.0433. The van der Waals surface area contributed by atoms with Crippen LogP contribution in [0.25, 0.3) is 0 Å². The first kappa shape index (κ1) is 21.6. The smallest absolute Gasteiger partial charge is 0.412 e. The maximum Gasteiger partial charge on any atom is 0.412 e. The van der Waals surface area contributed by atoms with Crippen molar-refractivity contribution in [1.29, 1.82) is 0 Å². The van der Waals surface area contributed by atoms with Crippen LogP contribution >= 0.6 is 11.8 Å². The molecule has 2 N–H and O–H groups in total. The fourth-order valence-corrected chi connectivity index (χ4v) is 2.77. The van der Waals surface area contributed by atoms with E-state index >= 15 is 0 Å². The second kappa shape index (κ2) is 9.01. The molecule has 0 heterocycles. The lowest BCUT2D eigenvalue weighted by Gasteiger charge is -2.20. The zero-order valence-corrected chi connectivity index (χ0v) is 16.3. The monoisotopic (exact) mass is 412 g/mol. The lowest BCUT2D eigenvalue weighted by atomic mass is 10.2. The summed E-state index contributed by atoms with van der Waals surface area (Å²) in [5.41, 5.74) is -0.530. The molecule has 0 radical (unpaired) electrons. The molecule has 0 aromatic heterocycles. The minimum Gasteiger partial charge on any atom is -0.444 e. The molecule has 0 fully saturated rings. The van der Waals surface area contributed by atoms with Crippen molar-refractivity contribution < 1.29 is 27.5 Å². The van der Waals surface area contributed by atoms with Crippen molar-refractivity contribution in [1.82, 2.24) is 0 Å². The van der Waals surface area contributed by atoms with E-state index in [1.165, 1.54) is 12.1 Å². The number of hydrogen-bond donors (Lipinski definition) is 2. The largest absolute Gasteiger partial charge is 0.444 e. The van der Waals surface area contributed by atoms with Crippen molar-refractivity contribution in [3.8, 4) is 0 Å². The molecule has 28 heavy (non-hydrogen) atoms. The van der Waals surface area contributed by atoms with Gasteiger partial charge in [-0.1, -0.05) is 0 Å². The Morgan fingerprint density at radius 3 is 2.32 bits per heavy atom. The molecular weight excluding hydrogens is 393 g/mol. The van der Waals surface area contributed by atoms with Gasteiger partial charge in [-0.05, 0) is 57.2 Å². The van der Waals surface area contributed by atoms with E-state index in [4.69, 9.17) is 4.74 Å². The summed E-state index contributed by atoms with van der Waals surface area (Å²) >= 11 is 0.978. The first-order chi connectivity index (χ1) is 13.0. The maximum absolute atomic E-state index is 13.6. The average molecular weight is 412 g/mol. The van der Waals surface area contributed by atoms with Crippen molar-refractivity contribution in [2.75, 3.05) is 16.4 Å². The molecule has 0 aliphatic carbocycles. The van der Waals surface area contributed by atoms with Gasteiger partial charge in [-0.3, -0.25) is 10.1 Å². The highest BCUT2D eigenvalue weighted by Crippen LogP contribution is 2.25. The van der Waals surface area contributed by atoms with E-state index in [2.05, 4.69) is 10.6 Å². The molecule has 0 aliphatic rings. The Bertz CT molecular complexity index is 885. The van der Waals surface area contributed by atoms with Gasteiger partial charge in [0.1, 0.15) is 11.4 Å². The third kappa shape index (κ3) is 6.80. The topological polar surface area (TPSA) is 67.4 Å². The van der Waals surface area contributed by atoms with E-state index in [0.29, 0.717) is 4.90 Å². The summed E-state index contributed by atoms with van der Waals surface area (Å²) in [4.78, 5) is 24.4. The summed E-state index contributed by atoms with van der Waals surface area (Å²) in [6.45, 7) is 5.07. The fraction of sp³-hybridized carbons (Fsp3) is 0.263. The van der Waals surface area contributed by atoms with Crippen LogP contribution < -0.4 is 10.6 Å². The summed E-state index contributed by atoms with van der Waals surface area (Å²) in [7, 11) is 0. The van der Waals surface area contributed by atoms with Crippen LogP contribution in [-0.4, -0.2) is 23.4 Å². The van der Waals surface area contributed by atoms with E-state index < -0.39 is 35.1 Å². The number of benzene rings is 2.